The van der Waals surface area contributed by atoms with Crippen LogP contribution >= 0.6 is 7.37 Å². The van der Waals surface area contributed by atoms with E-state index in [1.807, 2.05) is 6.92 Å². The van der Waals surface area contributed by atoms with Gasteiger partial charge in [-0.05, 0) is 5.92 Å². The van der Waals surface area contributed by atoms with Crippen molar-refractivity contribution >= 4 is 7.37 Å². The summed E-state index contributed by atoms with van der Waals surface area (Å²) >= 11 is 0. The summed E-state index contributed by atoms with van der Waals surface area (Å²) in [6.07, 6.45) is 0.639. The Labute approximate surface area is 63.4 Å². The van der Waals surface area contributed by atoms with E-state index in [0.717, 1.165) is 0 Å². The highest BCUT2D eigenvalue weighted by molar-refractivity contribution is 7.58. The van der Waals surface area contributed by atoms with Crippen molar-refractivity contribution in [3.05, 3.63) is 0 Å². The maximum Gasteiger partial charge on any atom is 0.199 e. The lowest BCUT2D eigenvalue weighted by Crippen LogP contribution is -2.00. The first-order valence-corrected chi connectivity index (χ1v) is 5.94. The zero-order valence-corrected chi connectivity index (χ0v) is 8.15. The molecule has 0 bridgehead atoms. The largest absolute Gasteiger partial charge is 0.328 e. The van der Waals surface area contributed by atoms with Crippen LogP contribution in [0.5, 0.6) is 0 Å². The van der Waals surface area contributed by atoms with E-state index in [4.69, 9.17) is 4.52 Å². The molecule has 0 rings (SSSR count). The second-order valence-electron chi connectivity index (χ2n) is 3.02. The lowest BCUT2D eigenvalue weighted by molar-refractivity contribution is 0.274. The second-order valence-corrected chi connectivity index (χ2v) is 5.94. The van der Waals surface area contributed by atoms with Crippen LogP contribution in [0.2, 0.25) is 0 Å². The fourth-order valence-corrected chi connectivity index (χ4v) is 1.19. The minimum atomic E-state index is -2.23. The highest BCUT2D eigenvalue weighted by Gasteiger charge is 2.12. The van der Waals surface area contributed by atoms with Gasteiger partial charge < -0.3 is 4.52 Å². The molecule has 0 aromatic rings. The van der Waals surface area contributed by atoms with Crippen molar-refractivity contribution in [3.63, 3.8) is 0 Å². The Morgan fingerprint density at radius 3 is 2.30 bits per heavy atom. The topological polar surface area (TPSA) is 26.3 Å². The lowest BCUT2D eigenvalue weighted by atomic mass is 10.2. The summed E-state index contributed by atoms with van der Waals surface area (Å²) in [5.41, 5.74) is 0. The molecule has 3 heteroatoms. The van der Waals surface area contributed by atoms with E-state index in [1.165, 1.54) is 0 Å². The van der Waals surface area contributed by atoms with Crippen LogP contribution < -0.4 is 0 Å². The van der Waals surface area contributed by atoms with Gasteiger partial charge in [0.05, 0.1) is 6.61 Å². The van der Waals surface area contributed by atoms with Crippen molar-refractivity contribution in [1.29, 1.82) is 0 Å². The summed E-state index contributed by atoms with van der Waals surface area (Å²) in [5, 5.41) is 0. The quantitative estimate of drug-likeness (QED) is 0.597. The third kappa shape index (κ3) is 5.01. The Morgan fingerprint density at radius 1 is 1.50 bits per heavy atom. The summed E-state index contributed by atoms with van der Waals surface area (Å²) in [6, 6.07) is 0. The average Bonchev–Trinajstić information content (AvgIpc) is 1.85. The van der Waals surface area contributed by atoms with Gasteiger partial charge in [-0.25, -0.2) is 0 Å². The van der Waals surface area contributed by atoms with Crippen LogP contribution in [0.1, 0.15) is 20.8 Å². The minimum Gasteiger partial charge on any atom is -0.328 e. The first-order chi connectivity index (χ1) is 4.48. The second kappa shape index (κ2) is 4.15. The fraction of sp³-hybridized carbons (Fsp3) is 1.00. The van der Waals surface area contributed by atoms with Crippen molar-refractivity contribution < 1.29 is 9.09 Å². The molecule has 0 saturated heterocycles. The van der Waals surface area contributed by atoms with Gasteiger partial charge in [0.25, 0.3) is 0 Å². The third-order valence-corrected chi connectivity index (χ3v) is 3.10. The Bertz CT molecular complexity index is 132. The molecule has 0 aromatic heterocycles. The predicted molar refractivity (Wildman–Crippen MR) is 44.9 cm³/mol. The normalized spacial score (nSPS) is 17.3. The Hall–Kier alpha value is 0.190. The maximum atomic E-state index is 11.3. The molecule has 62 valence electrons. The summed E-state index contributed by atoms with van der Waals surface area (Å²) < 4.78 is 16.5. The molecule has 2 nitrogen and oxygen atoms in total. The van der Waals surface area contributed by atoms with Crippen LogP contribution in [0.4, 0.5) is 0 Å². The zero-order chi connectivity index (χ0) is 8.20. The van der Waals surface area contributed by atoms with E-state index in [0.29, 0.717) is 18.7 Å². The van der Waals surface area contributed by atoms with E-state index < -0.39 is 7.37 Å². The molecule has 0 aliphatic carbocycles. The van der Waals surface area contributed by atoms with Crippen LogP contribution in [0, 0.1) is 5.92 Å². The molecule has 0 N–H and O–H groups in total. The molecule has 1 atom stereocenters. The molecule has 0 aliphatic heterocycles. The van der Waals surface area contributed by atoms with Crippen LogP contribution in [-0.2, 0) is 9.09 Å². The molecule has 0 spiro atoms. The van der Waals surface area contributed by atoms with Crippen molar-refractivity contribution in [2.45, 2.75) is 20.8 Å². The van der Waals surface area contributed by atoms with Gasteiger partial charge in [0.15, 0.2) is 7.37 Å². The molecule has 0 saturated carbocycles. The fourth-order valence-electron chi connectivity index (χ4n) is 0.398. The first-order valence-electron chi connectivity index (χ1n) is 3.69. The van der Waals surface area contributed by atoms with Gasteiger partial charge in [-0.15, -0.1) is 0 Å². The van der Waals surface area contributed by atoms with Crippen molar-refractivity contribution in [3.8, 4) is 0 Å². The Balaban J connectivity index is 3.58. The number of rotatable bonds is 4. The molecule has 0 aromatic carbocycles. The summed E-state index contributed by atoms with van der Waals surface area (Å²) in [7, 11) is -2.23. The summed E-state index contributed by atoms with van der Waals surface area (Å²) in [5.74, 6) is 0.472. The van der Waals surface area contributed by atoms with Crippen molar-refractivity contribution in [2.24, 2.45) is 5.92 Å². The van der Waals surface area contributed by atoms with Gasteiger partial charge in [-0.1, -0.05) is 20.8 Å². The van der Waals surface area contributed by atoms with E-state index in [2.05, 4.69) is 13.8 Å². The van der Waals surface area contributed by atoms with Crippen LogP contribution in [0.25, 0.3) is 0 Å². The molecule has 0 amide bonds. The monoisotopic (exact) mass is 164 g/mol. The predicted octanol–water partition coefficient (Wildman–Crippen LogP) is 2.59. The molecule has 0 heterocycles. The summed E-state index contributed by atoms with van der Waals surface area (Å²) in [4.78, 5) is 0. The van der Waals surface area contributed by atoms with Crippen LogP contribution in [-0.4, -0.2) is 19.4 Å². The SMILES string of the molecule is CCP(C)(=O)OCC(C)C. The molecular formula is C7H17O2P. The van der Waals surface area contributed by atoms with Gasteiger partial charge in [-0.3, -0.25) is 4.57 Å². The standard InChI is InChI=1S/C7H17O2P/c1-5-10(4,8)9-6-7(2)3/h7H,5-6H2,1-4H3. The molecule has 0 aliphatic rings. The van der Waals surface area contributed by atoms with Crippen molar-refractivity contribution in [1.82, 2.24) is 0 Å². The van der Waals surface area contributed by atoms with Gasteiger partial charge in [0.1, 0.15) is 0 Å². The smallest absolute Gasteiger partial charge is 0.199 e. The van der Waals surface area contributed by atoms with Crippen LogP contribution in [0.3, 0.4) is 0 Å². The van der Waals surface area contributed by atoms with E-state index in [-0.39, 0.29) is 0 Å². The van der Waals surface area contributed by atoms with E-state index in [9.17, 15) is 4.57 Å². The number of hydrogen-bond acceptors (Lipinski definition) is 2. The maximum absolute atomic E-state index is 11.3. The lowest BCUT2D eigenvalue weighted by Gasteiger charge is -2.12. The van der Waals surface area contributed by atoms with Gasteiger partial charge in [-0.2, -0.15) is 0 Å². The molecular weight excluding hydrogens is 147 g/mol. The Kier molecular flexibility index (Phi) is 4.23. The van der Waals surface area contributed by atoms with E-state index in [1.54, 1.807) is 6.66 Å². The molecule has 1 unspecified atom stereocenters. The third-order valence-electron chi connectivity index (χ3n) is 1.26. The van der Waals surface area contributed by atoms with E-state index >= 15 is 0 Å². The van der Waals surface area contributed by atoms with Crippen LogP contribution in [0.15, 0.2) is 0 Å². The zero-order valence-electron chi connectivity index (χ0n) is 7.26. The summed E-state index contributed by atoms with van der Waals surface area (Å²) in [6.45, 7) is 8.30. The van der Waals surface area contributed by atoms with Gasteiger partial charge >= 0.3 is 0 Å². The highest BCUT2D eigenvalue weighted by atomic mass is 31.2. The van der Waals surface area contributed by atoms with Gasteiger partial charge in [0, 0.05) is 12.8 Å². The first kappa shape index (κ1) is 10.2. The van der Waals surface area contributed by atoms with Crippen molar-refractivity contribution in [2.75, 3.05) is 19.4 Å². The highest BCUT2D eigenvalue weighted by Crippen LogP contribution is 2.41. The van der Waals surface area contributed by atoms with Gasteiger partial charge in [0.2, 0.25) is 0 Å². The Morgan fingerprint density at radius 2 is 2.00 bits per heavy atom. The average molecular weight is 164 g/mol. The minimum absolute atomic E-state index is 0.472. The number of hydrogen-bond donors (Lipinski definition) is 0. The molecule has 0 fully saturated rings. The molecule has 10 heavy (non-hydrogen) atoms. The molecule has 0 radical (unpaired) electrons.